The van der Waals surface area contributed by atoms with Gasteiger partial charge in [-0.15, -0.1) is 11.3 Å². The third-order valence-corrected chi connectivity index (χ3v) is 4.82. The van der Waals surface area contributed by atoms with Crippen molar-refractivity contribution >= 4 is 33.0 Å². The van der Waals surface area contributed by atoms with Gasteiger partial charge in [0.25, 0.3) is 0 Å². The first-order valence-corrected chi connectivity index (χ1v) is 7.75. The number of nitrogens with two attached hydrogens (primary N) is 1. The Kier molecular flexibility index (Phi) is 4.22. The molecule has 0 amide bonds. The van der Waals surface area contributed by atoms with Gasteiger partial charge in [0.05, 0.1) is 6.04 Å². The fraction of sp³-hybridized carbons (Fsp3) is 0.125. The van der Waals surface area contributed by atoms with Crippen LogP contribution in [0.4, 0.5) is 4.39 Å². The lowest BCUT2D eigenvalue weighted by atomic mass is 10.0. The Morgan fingerprint density at radius 1 is 1.19 bits per heavy atom. The summed E-state index contributed by atoms with van der Waals surface area (Å²) in [6.07, 6.45) is 0.729. The molecule has 1 unspecified atom stereocenters. The molecular formula is C16H14ClFN2S. The van der Waals surface area contributed by atoms with Crippen LogP contribution in [0.2, 0.25) is 5.02 Å². The van der Waals surface area contributed by atoms with Crippen LogP contribution in [0.25, 0.3) is 10.1 Å². The summed E-state index contributed by atoms with van der Waals surface area (Å²) in [5.74, 6) is 5.47. The second kappa shape index (κ2) is 6.12. The third-order valence-electron chi connectivity index (χ3n) is 3.37. The van der Waals surface area contributed by atoms with Gasteiger partial charge >= 0.3 is 0 Å². The molecule has 1 aromatic heterocycles. The Morgan fingerprint density at radius 3 is 2.81 bits per heavy atom. The molecule has 0 aliphatic carbocycles. The maximum atomic E-state index is 13.3. The molecule has 3 rings (SSSR count). The van der Waals surface area contributed by atoms with E-state index < -0.39 is 0 Å². The van der Waals surface area contributed by atoms with E-state index in [4.69, 9.17) is 17.4 Å². The summed E-state index contributed by atoms with van der Waals surface area (Å²) in [5, 5.41) is 1.74. The Hall–Kier alpha value is -1.46. The van der Waals surface area contributed by atoms with Crippen LogP contribution in [0, 0.1) is 5.82 Å². The van der Waals surface area contributed by atoms with E-state index in [0.717, 1.165) is 26.9 Å². The number of thiophene rings is 1. The Labute approximate surface area is 131 Å². The molecule has 0 aliphatic rings. The van der Waals surface area contributed by atoms with Crippen molar-refractivity contribution in [2.45, 2.75) is 12.5 Å². The fourth-order valence-electron chi connectivity index (χ4n) is 2.34. The minimum absolute atomic E-state index is 0.0241. The van der Waals surface area contributed by atoms with Gasteiger partial charge < -0.3 is 0 Å². The Balaban J connectivity index is 1.90. The van der Waals surface area contributed by atoms with Crippen molar-refractivity contribution in [2.75, 3.05) is 0 Å². The lowest BCUT2D eigenvalue weighted by Crippen LogP contribution is -2.28. The van der Waals surface area contributed by atoms with Crippen LogP contribution in [-0.2, 0) is 6.42 Å². The minimum Gasteiger partial charge on any atom is -0.271 e. The number of halogens is 2. The van der Waals surface area contributed by atoms with Crippen molar-refractivity contribution in [3.05, 3.63) is 69.8 Å². The zero-order chi connectivity index (χ0) is 14.8. The quantitative estimate of drug-likeness (QED) is 0.551. The van der Waals surface area contributed by atoms with E-state index in [1.54, 1.807) is 23.5 Å². The van der Waals surface area contributed by atoms with Gasteiger partial charge in [0.2, 0.25) is 0 Å². The zero-order valence-electron chi connectivity index (χ0n) is 11.1. The van der Waals surface area contributed by atoms with Crippen LogP contribution in [0.15, 0.2) is 48.5 Å². The van der Waals surface area contributed by atoms with Crippen molar-refractivity contribution < 1.29 is 4.39 Å². The molecule has 0 radical (unpaired) electrons. The average molecular weight is 321 g/mol. The molecule has 1 heterocycles. The number of hydrazine groups is 1. The molecule has 3 aromatic rings. The van der Waals surface area contributed by atoms with Gasteiger partial charge in [-0.3, -0.25) is 11.3 Å². The second-order valence-electron chi connectivity index (χ2n) is 4.88. The van der Waals surface area contributed by atoms with E-state index in [-0.39, 0.29) is 11.9 Å². The highest BCUT2D eigenvalue weighted by Crippen LogP contribution is 2.32. The maximum absolute atomic E-state index is 13.3. The van der Waals surface area contributed by atoms with Crippen LogP contribution in [0.1, 0.15) is 16.5 Å². The predicted molar refractivity (Wildman–Crippen MR) is 87.0 cm³/mol. The number of hydrogen-bond donors (Lipinski definition) is 2. The van der Waals surface area contributed by atoms with E-state index in [1.165, 1.54) is 6.07 Å². The van der Waals surface area contributed by atoms with Crippen LogP contribution in [0.3, 0.4) is 0 Å². The van der Waals surface area contributed by atoms with E-state index in [9.17, 15) is 4.39 Å². The molecule has 0 saturated carbocycles. The Morgan fingerprint density at radius 2 is 2.05 bits per heavy atom. The van der Waals surface area contributed by atoms with E-state index in [0.29, 0.717) is 5.02 Å². The van der Waals surface area contributed by atoms with Gasteiger partial charge in [-0.2, -0.15) is 0 Å². The first-order valence-electron chi connectivity index (χ1n) is 6.55. The molecule has 2 aromatic carbocycles. The lowest BCUT2D eigenvalue weighted by molar-refractivity contribution is 0.561. The first kappa shape index (κ1) is 14.5. The van der Waals surface area contributed by atoms with E-state index in [2.05, 4.69) is 11.5 Å². The monoisotopic (exact) mass is 320 g/mol. The smallest absolute Gasteiger partial charge is 0.124 e. The highest BCUT2D eigenvalue weighted by Gasteiger charge is 2.14. The number of rotatable bonds is 4. The summed E-state index contributed by atoms with van der Waals surface area (Å²) in [5.41, 5.74) is 3.94. The molecule has 5 heteroatoms. The number of hydrogen-bond acceptors (Lipinski definition) is 3. The summed E-state index contributed by atoms with van der Waals surface area (Å²) in [6.45, 7) is 0. The second-order valence-corrected chi connectivity index (χ2v) is 6.44. The van der Waals surface area contributed by atoms with Gasteiger partial charge in [-0.05, 0) is 47.7 Å². The molecule has 0 spiro atoms. The van der Waals surface area contributed by atoms with E-state index >= 15 is 0 Å². The number of benzene rings is 2. The first-order chi connectivity index (χ1) is 10.2. The molecule has 1 atom stereocenters. The molecule has 21 heavy (non-hydrogen) atoms. The Bertz CT molecular complexity index is 772. The van der Waals surface area contributed by atoms with Crippen LogP contribution in [0.5, 0.6) is 0 Å². The molecule has 0 aliphatic heterocycles. The summed E-state index contributed by atoms with van der Waals surface area (Å²) in [4.78, 5) is 1.08. The molecule has 2 nitrogen and oxygen atoms in total. The van der Waals surface area contributed by atoms with Gasteiger partial charge in [-0.25, -0.2) is 4.39 Å². The van der Waals surface area contributed by atoms with Crippen molar-refractivity contribution in [3.8, 4) is 0 Å². The fourth-order valence-corrected chi connectivity index (χ4v) is 3.70. The number of fused-ring (bicyclic) bond motifs is 1. The predicted octanol–water partition coefficient (Wildman–Crippen LogP) is 4.44. The van der Waals surface area contributed by atoms with Gasteiger partial charge in [0.1, 0.15) is 5.82 Å². The lowest BCUT2D eigenvalue weighted by Gasteiger charge is -2.14. The zero-order valence-corrected chi connectivity index (χ0v) is 12.7. The van der Waals surface area contributed by atoms with Crippen molar-refractivity contribution in [2.24, 2.45) is 5.84 Å². The minimum atomic E-state index is -0.219. The van der Waals surface area contributed by atoms with Gasteiger partial charge in [0, 0.05) is 14.6 Å². The SMILES string of the molecule is NNC(Cc1cccc(Cl)c1)c1cc2ccc(F)cc2s1. The summed E-state index contributed by atoms with van der Waals surface area (Å²) in [7, 11) is 0. The topological polar surface area (TPSA) is 38.0 Å². The van der Waals surface area contributed by atoms with Gasteiger partial charge in [-0.1, -0.05) is 29.8 Å². The normalized spacial score (nSPS) is 12.7. The maximum Gasteiger partial charge on any atom is 0.124 e. The summed E-state index contributed by atoms with van der Waals surface area (Å²) in [6, 6.07) is 14.6. The van der Waals surface area contributed by atoms with Crippen LogP contribution < -0.4 is 11.3 Å². The molecule has 0 bridgehead atoms. The molecule has 0 fully saturated rings. The van der Waals surface area contributed by atoms with Crippen molar-refractivity contribution in [1.29, 1.82) is 0 Å². The summed E-state index contributed by atoms with van der Waals surface area (Å²) < 4.78 is 14.2. The average Bonchev–Trinajstić information content (AvgIpc) is 2.87. The van der Waals surface area contributed by atoms with Crippen LogP contribution >= 0.6 is 22.9 Å². The molecule has 3 N–H and O–H groups in total. The molecule has 0 saturated heterocycles. The van der Waals surface area contributed by atoms with Crippen molar-refractivity contribution in [1.82, 2.24) is 5.43 Å². The largest absolute Gasteiger partial charge is 0.271 e. The highest BCUT2D eigenvalue weighted by atomic mass is 35.5. The highest BCUT2D eigenvalue weighted by molar-refractivity contribution is 7.19. The van der Waals surface area contributed by atoms with Gasteiger partial charge in [0.15, 0.2) is 0 Å². The van der Waals surface area contributed by atoms with Crippen LogP contribution in [-0.4, -0.2) is 0 Å². The molecular weight excluding hydrogens is 307 g/mol. The number of nitrogens with one attached hydrogen (secondary N) is 1. The van der Waals surface area contributed by atoms with Crippen molar-refractivity contribution in [3.63, 3.8) is 0 Å². The third kappa shape index (κ3) is 3.24. The molecule has 108 valence electrons. The summed E-state index contributed by atoms with van der Waals surface area (Å²) >= 11 is 7.56. The van der Waals surface area contributed by atoms with E-state index in [1.807, 2.05) is 24.3 Å². The standard InChI is InChI=1S/C16H14ClFN2S/c17-12-3-1-2-10(6-12)7-14(20-19)16-8-11-4-5-13(18)9-15(11)21-16/h1-6,8-9,14,20H,7,19H2.